The van der Waals surface area contributed by atoms with Gasteiger partial charge in [0.2, 0.25) is 0 Å². The van der Waals surface area contributed by atoms with E-state index >= 15 is 0 Å². The van der Waals surface area contributed by atoms with Gasteiger partial charge >= 0.3 is 5.97 Å². The second kappa shape index (κ2) is 10.6. The molecule has 0 saturated carbocycles. The van der Waals surface area contributed by atoms with Crippen molar-refractivity contribution in [2.24, 2.45) is 5.41 Å². The molecule has 0 bridgehead atoms. The molecule has 8 heteroatoms. The zero-order chi connectivity index (χ0) is 24.1. The highest BCUT2D eigenvalue weighted by Gasteiger charge is 2.42. The summed E-state index contributed by atoms with van der Waals surface area (Å²) in [6, 6.07) is 7.44. The first-order valence-electron chi connectivity index (χ1n) is 11.0. The summed E-state index contributed by atoms with van der Waals surface area (Å²) in [4.78, 5) is 10.6. The number of carboxylic acid groups (broad SMARTS) is 1. The second-order valence-corrected chi connectivity index (χ2v) is 8.89. The Morgan fingerprint density at radius 2 is 1.85 bits per heavy atom. The minimum absolute atomic E-state index is 0.0634. The molecule has 1 aliphatic rings. The Kier molecular flexibility index (Phi) is 8.02. The maximum Gasteiger partial charge on any atom is 0.329 e. The fraction of sp³-hybridized carbons (Fsp3) is 0.480. The fourth-order valence-corrected chi connectivity index (χ4v) is 4.17. The first-order chi connectivity index (χ1) is 15.6. The van der Waals surface area contributed by atoms with Gasteiger partial charge in [-0.3, -0.25) is 0 Å². The van der Waals surface area contributed by atoms with E-state index in [9.17, 15) is 18.0 Å². The molecule has 5 nitrogen and oxygen atoms in total. The van der Waals surface area contributed by atoms with Crippen molar-refractivity contribution in [3.8, 4) is 11.5 Å². The van der Waals surface area contributed by atoms with E-state index in [4.69, 9.17) is 19.3 Å². The van der Waals surface area contributed by atoms with Crippen LogP contribution in [0.5, 0.6) is 11.5 Å². The molecule has 2 aromatic carbocycles. The van der Waals surface area contributed by atoms with Gasteiger partial charge in [0, 0.05) is 18.7 Å². The van der Waals surface area contributed by atoms with Gasteiger partial charge < -0.3 is 19.3 Å². The molecule has 2 aromatic rings. The van der Waals surface area contributed by atoms with Crippen molar-refractivity contribution in [2.45, 2.75) is 51.6 Å². The van der Waals surface area contributed by atoms with Crippen molar-refractivity contribution in [1.82, 2.24) is 0 Å². The molecule has 0 aliphatic carbocycles. The smallest absolute Gasteiger partial charge is 0.329 e. The van der Waals surface area contributed by atoms with Gasteiger partial charge in [-0.25, -0.2) is 18.0 Å². The Hall–Kier alpha value is -2.58. The number of ether oxygens (including phenoxy) is 3. The van der Waals surface area contributed by atoms with Crippen molar-refractivity contribution in [3.63, 3.8) is 0 Å². The van der Waals surface area contributed by atoms with E-state index in [1.807, 2.05) is 6.92 Å². The van der Waals surface area contributed by atoms with Crippen LogP contribution in [0.3, 0.4) is 0 Å². The van der Waals surface area contributed by atoms with E-state index < -0.39 is 29.0 Å². The molecule has 1 fully saturated rings. The number of halogens is 3. The quantitative estimate of drug-likeness (QED) is 0.423. The van der Waals surface area contributed by atoms with Gasteiger partial charge in [0.15, 0.2) is 11.6 Å². The summed E-state index contributed by atoms with van der Waals surface area (Å²) in [6.45, 7) is 4.49. The van der Waals surface area contributed by atoms with Crippen LogP contribution in [0.15, 0.2) is 36.4 Å². The summed E-state index contributed by atoms with van der Waals surface area (Å²) in [5, 5.41) is 8.71. The third-order valence-corrected chi connectivity index (χ3v) is 6.08. The number of carboxylic acids is 1. The van der Waals surface area contributed by atoms with Crippen molar-refractivity contribution in [1.29, 1.82) is 0 Å². The average molecular weight is 466 g/mol. The lowest BCUT2D eigenvalue weighted by Crippen LogP contribution is -2.42. The zero-order valence-electron chi connectivity index (χ0n) is 18.8. The van der Waals surface area contributed by atoms with Crippen LogP contribution in [0.2, 0.25) is 0 Å². The molecule has 2 atom stereocenters. The Morgan fingerprint density at radius 1 is 1.06 bits per heavy atom. The molecule has 1 saturated heterocycles. The number of hydrogen-bond donors (Lipinski definition) is 1. The van der Waals surface area contributed by atoms with Gasteiger partial charge in [0.1, 0.15) is 23.9 Å². The van der Waals surface area contributed by atoms with Crippen molar-refractivity contribution < 1.29 is 37.3 Å². The van der Waals surface area contributed by atoms with Crippen LogP contribution in [-0.2, 0) is 19.9 Å². The lowest BCUT2D eigenvalue weighted by Gasteiger charge is -2.45. The lowest BCUT2D eigenvalue weighted by atomic mass is 9.73. The number of aliphatic carboxylic acids is 1. The molecule has 0 aromatic heterocycles. The van der Waals surface area contributed by atoms with E-state index in [1.165, 1.54) is 18.2 Å². The zero-order valence-corrected chi connectivity index (χ0v) is 18.8. The molecule has 3 rings (SSSR count). The summed E-state index contributed by atoms with van der Waals surface area (Å²) in [5.41, 5.74) is -0.260. The SMILES string of the molecule is CCCC1(c2cc(F)cc(Oc3ccc(F)c(F)c3)c2)CCC(C)(CCOCC(=O)O)CO1. The first-order valence-corrected chi connectivity index (χ1v) is 11.0. The normalized spacial score (nSPS) is 22.8. The van der Waals surface area contributed by atoms with Crippen LogP contribution in [-0.4, -0.2) is 30.9 Å². The number of benzene rings is 2. The van der Waals surface area contributed by atoms with Crippen molar-refractivity contribution in [3.05, 3.63) is 59.4 Å². The van der Waals surface area contributed by atoms with Crippen LogP contribution in [0.1, 0.15) is 51.5 Å². The Balaban J connectivity index is 1.76. The Bertz CT molecular complexity index is 971. The van der Waals surface area contributed by atoms with Crippen LogP contribution in [0, 0.1) is 22.9 Å². The van der Waals surface area contributed by atoms with Crippen LogP contribution in [0.4, 0.5) is 13.2 Å². The summed E-state index contributed by atoms with van der Waals surface area (Å²) in [7, 11) is 0. The van der Waals surface area contributed by atoms with Gasteiger partial charge in [0.05, 0.1) is 12.2 Å². The van der Waals surface area contributed by atoms with E-state index in [1.54, 1.807) is 6.07 Å². The van der Waals surface area contributed by atoms with Crippen LogP contribution >= 0.6 is 0 Å². The molecule has 33 heavy (non-hydrogen) atoms. The molecular formula is C25H29F3O5. The molecule has 0 spiro atoms. The summed E-state index contributed by atoms with van der Waals surface area (Å²) in [5.74, 6) is -3.32. The van der Waals surface area contributed by atoms with Crippen LogP contribution < -0.4 is 4.74 Å². The molecule has 0 radical (unpaired) electrons. The van der Waals surface area contributed by atoms with Crippen molar-refractivity contribution in [2.75, 3.05) is 19.8 Å². The maximum absolute atomic E-state index is 14.5. The van der Waals surface area contributed by atoms with E-state index in [0.29, 0.717) is 38.0 Å². The molecule has 1 heterocycles. The van der Waals surface area contributed by atoms with E-state index in [-0.39, 0.29) is 23.5 Å². The molecule has 2 unspecified atom stereocenters. The largest absolute Gasteiger partial charge is 0.480 e. The third kappa shape index (κ3) is 6.48. The van der Waals surface area contributed by atoms with Gasteiger partial charge in [-0.05, 0) is 60.9 Å². The maximum atomic E-state index is 14.5. The number of carbonyl (C=O) groups is 1. The molecule has 0 amide bonds. The average Bonchev–Trinajstić information content (AvgIpc) is 2.75. The lowest BCUT2D eigenvalue weighted by molar-refractivity contribution is -0.149. The number of hydrogen-bond acceptors (Lipinski definition) is 4. The van der Waals surface area contributed by atoms with Gasteiger partial charge in [0.25, 0.3) is 0 Å². The summed E-state index contributed by atoms with van der Waals surface area (Å²) in [6.07, 6.45) is 3.57. The minimum Gasteiger partial charge on any atom is -0.480 e. The highest BCUT2D eigenvalue weighted by Crippen LogP contribution is 2.47. The highest BCUT2D eigenvalue weighted by molar-refractivity contribution is 5.67. The number of rotatable bonds is 10. The predicted molar refractivity (Wildman–Crippen MR) is 116 cm³/mol. The summed E-state index contributed by atoms with van der Waals surface area (Å²) < 4.78 is 58.4. The fourth-order valence-electron chi connectivity index (χ4n) is 4.17. The standard InChI is InChI=1S/C25H29F3O5/c1-3-6-25(8-7-24(2,16-32-25)9-10-31-15-23(29)30)17-11-18(26)13-20(12-17)33-19-4-5-21(27)22(28)14-19/h4-5,11-14H,3,6-10,15-16H2,1-2H3,(H,29,30). The van der Waals surface area contributed by atoms with E-state index in [0.717, 1.165) is 25.0 Å². The summed E-state index contributed by atoms with van der Waals surface area (Å²) >= 11 is 0. The highest BCUT2D eigenvalue weighted by atomic mass is 19.2. The van der Waals surface area contributed by atoms with Gasteiger partial charge in [-0.1, -0.05) is 20.3 Å². The molecule has 180 valence electrons. The van der Waals surface area contributed by atoms with E-state index in [2.05, 4.69) is 6.92 Å². The Labute approximate surface area is 191 Å². The topological polar surface area (TPSA) is 65.0 Å². The molecular weight excluding hydrogens is 437 g/mol. The predicted octanol–water partition coefficient (Wildman–Crippen LogP) is 6.20. The minimum atomic E-state index is -1.05. The Morgan fingerprint density at radius 3 is 2.48 bits per heavy atom. The van der Waals surface area contributed by atoms with Gasteiger partial charge in [-0.15, -0.1) is 0 Å². The van der Waals surface area contributed by atoms with Crippen molar-refractivity contribution >= 4 is 5.97 Å². The second-order valence-electron chi connectivity index (χ2n) is 8.89. The molecule has 1 aliphatic heterocycles. The van der Waals surface area contributed by atoms with Crippen LogP contribution in [0.25, 0.3) is 0 Å². The third-order valence-electron chi connectivity index (χ3n) is 6.08. The monoisotopic (exact) mass is 466 g/mol. The molecule has 1 N–H and O–H groups in total. The van der Waals surface area contributed by atoms with Gasteiger partial charge in [-0.2, -0.15) is 0 Å². The first kappa shape index (κ1) is 25.1.